The molecule has 0 spiro atoms. The van der Waals surface area contributed by atoms with E-state index in [9.17, 15) is 18.0 Å². The third-order valence-corrected chi connectivity index (χ3v) is 3.14. The number of nitrogens with one attached hydrogen (secondary N) is 1. The minimum absolute atomic E-state index is 0.187. The summed E-state index contributed by atoms with van der Waals surface area (Å²) in [7, 11) is 0. The van der Waals surface area contributed by atoms with Crippen LogP contribution in [0.5, 0.6) is 0 Å². The first kappa shape index (κ1) is 13.9. The van der Waals surface area contributed by atoms with Crippen molar-refractivity contribution in [2.45, 2.75) is 6.18 Å². The highest BCUT2D eigenvalue weighted by Crippen LogP contribution is 2.22. The third-order valence-electron chi connectivity index (χ3n) is 2.11. The zero-order valence-corrected chi connectivity index (χ0v) is 10.8. The number of hydrogen-bond acceptors (Lipinski definition) is 3. The molecule has 1 amide bonds. The van der Waals surface area contributed by atoms with E-state index in [4.69, 9.17) is 11.6 Å². The maximum Gasteiger partial charge on any atom is 0.405 e. The van der Waals surface area contributed by atoms with Gasteiger partial charge in [0.15, 0.2) is 10.1 Å². The molecule has 0 saturated heterocycles. The Hall–Kier alpha value is -1.54. The van der Waals surface area contributed by atoms with Gasteiger partial charge in [-0.25, -0.2) is 4.98 Å². The van der Waals surface area contributed by atoms with Crippen molar-refractivity contribution in [1.82, 2.24) is 14.7 Å². The van der Waals surface area contributed by atoms with Crippen molar-refractivity contribution in [2.75, 3.05) is 6.54 Å². The standard InChI is InChI=1S/C10H7ClF3N3OS/c11-8-6(17-3-4-19-9(17)16-8)1-2-7(18)15-5-10(12,13)14/h1-4H,5H2,(H,15,18)/b2-1+. The molecule has 0 aliphatic rings. The van der Waals surface area contributed by atoms with Gasteiger partial charge in [0.05, 0.1) is 5.69 Å². The number of aromatic nitrogens is 2. The van der Waals surface area contributed by atoms with Crippen LogP contribution in [0.3, 0.4) is 0 Å². The molecule has 102 valence electrons. The van der Waals surface area contributed by atoms with E-state index < -0.39 is 18.6 Å². The second kappa shape index (κ2) is 5.22. The molecule has 4 nitrogen and oxygen atoms in total. The van der Waals surface area contributed by atoms with Gasteiger partial charge in [0, 0.05) is 17.7 Å². The Morgan fingerprint density at radius 3 is 3.00 bits per heavy atom. The van der Waals surface area contributed by atoms with Crippen LogP contribution >= 0.6 is 22.9 Å². The molecule has 1 N–H and O–H groups in total. The molecule has 0 radical (unpaired) electrons. The highest BCUT2D eigenvalue weighted by molar-refractivity contribution is 7.15. The zero-order valence-electron chi connectivity index (χ0n) is 9.24. The van der Waals surface area contributed by atoms with Crippen molar-refractivity contribution in [2.24, 2.45) is 0 Å². The van der Waals surface area contributed by atoms with Crippen molar-refractivity contribution >= 4 is 39.9 Å². The van der Waals surface area contributed by atoms with Crippen LogP contribution in [0.1, 0.15) is 5.69 Å². The zero-order chi connectivity index (χ0) is 14.0. The number of carbonyl (C=O) groups is 1. The summed E-state index contributed by atoms with van der Waals surface area (Å²) in [5.74, 6) is -0.849. The second-order valence-corrected chi connectivity index (χ2v) is 4.74. The topological polar surface area (TPSA) is 46.4 Å². The van der Waals surface area contributed by atoms with Gasteiger partial charge in [-0.1, -0.05) is 11.6 Å². The summed E-state index contributed by atoms with van der Waals surface area (Å²) >= 11 is 7.21. The molecule has 0 aliphatic heterocycles. The van der Waals surface area contributed by atoms with Crippen LogP contribution in [0.25, 0.3) is 11.0 Å². The van der Waals surface area contributed by atoms with Crippen LogP contribution in [0, 0.1) is 0 Å². The van der Waals surface area contributed by atoms with Crippen molar-refractivity contribution in [3.8, 4) is 0 Å². The Labute approximate surface area is 114 Å². The smallest absolute Gasteiger partial charge is 0.343 e. The van der Waals surface area contributed by atoms with Gasteiger partial charge in [0.25, 0.3) is 0 Å². The average molecular weight is 310 g/mol. The quantitative estimate of drug-likeness (QED) is 0.886. The number of carbonyl (C=O) groups excluding carboxylic acids is 1. The number of amides is 1. The number of alkyl halides is 3. The van der Waals surface area contributed by atoms with Crippen molar-refractivity contribution in [1.29, 1.82) is 0 Å². The summed E-state index contributed by atoms with van der Waals surface area (Å²) in [5, 5.41) is 3.69. The maximum atomic E-state index is 11.9. The fourth-order valence-electron chi connectivity index (χ4n) is 1.33. The van der Waals surface area contributed by atoms with Gasteiger partial charge in [-0.05, 0) is 6.08 Å². The minimum atomic E-state index is -4.43. The first-order chi connectivity index (χ1) is 8.87. The van der Waals surface area contributed by atoms with Crippen LogP contribution < -0.4 is 5.32 Å². The first-order valence-corrected chi connectivity index (χ1v) is 6.26. The molecule has 0 atom stereocenters. The normalized spacial score (nSPS) is 12.4. The minimum Gasteiger partial charge on any atom is -0.343 e. The van der Waals surface area contributed by atoms with E-state index in [0.717, 1.165) is 6.08 Å². The molecule has 2 aromatic heterocycles. The lowest BCUT2D eigenvalue weighted by Crippen LogP contribution is -2.32. The predicted molar refractivity (Wildman–Crippen MR) is 66.2 cm³/mol. The maximum absolute atomic E-state index is 11.9. The summed E-state index contributed by atoms with van der Waals surface area (Å²) in [4.78, 5) is 15.9. The molecular weight excluding hydrogens is 303 g/mol. The van der Waals surface area contributed by atoms with E-state index in [1.54, 1.807) is 21.3 Å². The van der Waals surface area contributed by atoms with Crippen molar-refractivity contribution < 1.29 is 18.0 Å². The molecule has 0 aliphatic carbocycles. The Bertz CT molecular complexity index is 632. The predicted octanol–water partition coefficient (Wildman–Crippen LogP) is 2.74. The van der Waals surface area contributed by atoms with Gasteiger partial charge < -0.3 is 5.32 Å². The summed E-state index contributed by atoms with van der Waals surface area (Å²) in [5.41, 5.74) is 0.445. The molecule has 0 aromatic carbocycles. The van der Waals surface area contributed by atoms with Crippen LogP contribution in [-0.4, -0.2) is 28.0 Å². The summed E-state index contributed by atoms with van der Waals surface area (Å²) in [6, 6.07) is 0. The van der Waals surface area contributed by atoms with Gasteiger partial charge in [-0.3, -0.25) is 9.20 Å². The number of hydrogen-bond donors (Lipinski definition) is 1. The number of imidazole rings is 1. The SMILES string of the molecule is O=C(/C=C/c1c(Cl)nc2sccn12)NCC(F)(F)F. The summed E-state index contributed by atoms with van der Waals surface area (Å²) in [6.45, 7) is -1.37. The lowest BCUT2D eigenvalue weighted by Gasteiger charge is -2.05. The Morgan fingerprint density at radius 2 is 2.32 bits per heavy atom. The molecule has 2 rings (SSSR count). The van der Waals surface area contributed by atoms with Gasteiger partial charge >= 0.3 is 6.18 Å². The number of fused-ring (bicyclic) bond motifs is 1. The fraction of sp³-hybridized carbons (Fsp3) is 0.200. The molecule has 0 fully saturated rings. The Morgan fingerprint density at radius 1 is 1.58 bits per heavy atom. The second-order valence-electron chi connectivity index (χ2n) is 3.51. The Kier molecular flexibility index (Phi) is 3.81. The van der Waals surface area contributed by atoms with Crippen LogP contribution in [-0.2, 0) is 4.79 Å². The van der Waals surface area contributed by atoms with E-state index >= 15 is 0 Å². The lowest BCUT2D eigenvalue weighted by molar-refractivity contribution is -0.135. The summed E-state index contributed by atoms with van der Waals surface area (Å²) in [6.07, 6.45) is -0.427. The largest absolute Gasteiger partial charge is 0.405 e. The fourth-order valence-corrected chi connectivity index (χ4v) is 2.33. The highest BCUT2D eigenvalue weighted by atomic mass is 35.5. The highest BCUT2D eigenvalue weighted by Gasteiger charge is 2.27. The number of rotatable bonds is 3. The number of nitrogens with zero attached hydrogens (tertiary/aromatic N) is 2. The molecule has 9 heteroatoms. The molecule has 0 unspecified atom stereocenters. The lowest BCUT2D eigenvalue weighted by atomic mass is 10.4. The number of thiazole rings is 1. The van der Waals surface area contributed by atoms with Gasteiger partial charge in [0.2, 0.25) is 5.91 Å². The molecule has 2 heterocycles. The van der Waals surface area contributed by atoms with Crippen LogP contribution in [0.2, 0.25) is 5.15 Å². The van der Waals surface area contributed by atoms with E-state index in [1.165, 1.54) is 17.4 Å². The molecule has 19 heavy (non-hydrogen) atoms. The monoisotopic (exact) mass is 309 g/mol. The molecule has 0 bridgehead atoms. The van der Waals surface area contributed by atoms with Gasteiger partial charge in [0.1, 0.15) is 6.54 Å². The third kappa shape index (κ3) is 3.48. The van der Waals surface area contributed by atoms with Crippen LogP contribution in [0.4, 0.5) is 13.2 Å². The summed E-state index contributed by atoms with van der Waals surface area (Å²) < 4.78 is 37.3. The van der Waals surface area contributed by atoms with Gasteiger partial charge in [-0.15, -0.1) is 11.3 Å². The van der Waals surface area contributed by atoms with Gasteiger partial charge in [-0.2, -0.15) is 13.2 Å². The van der Waals surface area contributed by atoms with Crippen molar-refractivity contribution in [3.63, 3.8) is 0 Å². The number of halogens is 4. The van der Waals surface area contributed by atoms with E-state index in [-0.39, 0.29) is 5.15 Å². The first-order valence-electron chi connectivity index (χ1n) is 5.00. The van der Waals surface area contributed by atoms with E-state index in [1.807, 2.05) is 0 Å². The molecule has 2 aromatic rings. The van der Waals surface area contributed by atoms with Crippen LogP contribution in [0.15, 0.2) is 17.7 Å². The van der Waals surface area contributed by atoms with E-state index in [2.05, 4.69) is 4.98 Å². The Balaban J connectivity index is 2.08. The van der Waals surface area contributed by atoms with E-state index in [0.29, 0.717) is 10.7 Å². The average Bonchev–Trinajstić information content (AvgIpc) is 2.83. The molecular formula is C10H7ClF3N3OS. The van der Waals surface area contributed by atoms with Crippen molar-refractivity contribution in [3.05, 3.63) is 28.5 Å². The molecule has 0 saturated carbocycles.